The summed E-state index contributed by atoms with van der Waals surface area (Å²) in [7, 11) is -2.43. The topological polar surface area (TPSA) is 95.7 Å². The number of nitrogens with one attached hydrogen (secondary N) is 1. The van der Waals surface area contributed by atoms with Crippen molar-refractivity contribution in [1.82, 2.24) is 10.2 Å². The van der Waals surface area contributed by atoms with Crippen molar-refractivity contribution < 1.29 is 8.42 Å². The van der Waals surface area contributed by atoms with Gasteiger partial charge in [-0.15, -0.1) is 10.2 Å². The van der Waals surface area contributed by atoms with Gasteiger partial charge < -0.3 is 5.32 Å². The van der Waals surface area contributed by atoms with E-state index in [1.54, 1.807) is 0 Å². The summed E-state index contributed by atoms with van der Waals surface area (Å²) in [6, 6.07) is 15.6. The number of nitrogens with zero attached hydrogens (tertiary/aromatic N) is 3. The van der Waals surface area contributed by atoms with E-state index in [0.717, 1.165) is 28.5 Å². The minimum absolute atomic E-state index is 0.0421. The molecule has 0 aliphatic rings. The van der Waals surface area contributed by atoms with Gasteiger partial charge in [0.15, 0.2) is 5.69 Å². The minimum atomic E-state index is -2.43. The molecule has 0 bridgehead atoms. The van der Waals surface area contributed by atoms with Crippen LogP contribution in [0.15, 0.2) is 42.5 Å². The van der Waals surface area contributed by atoms with Crippen molar-refractivity contribution in [2.24, 2.45) is 0 Å². The number of nitriles is 1. The first-order chi connectivity index (χ1) is 13.0. The first kappa shape index (κ1) is 18.8. The largest absolute Gasteiger partial charge is 0.380 e. The minimum Gasteiger partial charge on any atom is -0.380 e. The number of hydrogen-bond donors (Lipinski definition) is 2. The fraction of sp³-hybridized carbons (Fsp3) is 0.250. The number of fused-ring (bicyclic) bond motifs is 1. The van der Waals surface area contributed by atoms with Crippen molar-refractivity contribution in [3.63, 3.8) is 0 Å². The van der Waals surface area contributed by atoms with E-state index in [9.17, 15) is 13.7 Å². The van der Waals surface area contributed by atoms with E-state index in [1.807, 2.05) is 42.5 Å². The predicted octanol–water partition coefficient (Wildman–Crippen LogP) is 3.49. The summed E-state index contributed by atoms with van der Waals surface area (Å²) >= 11 is 0. The molecular formula is C20H20N4O2S. The molecule has 3 aromatic rings. The standard InChI is InChI=1S/C20H20N4O2S/c1-3-13(2)22-20-17-9-8-16(10-18(17)23-24-19(20)11-21)15-6-4-14(5-7-15)12-27(25)26/h4-10,13,27H,3,12H2,1-2H3,(H,22,23)/t13-/m1/s1. The Morgan fingerprint density at radius 2 is 1.81 bits per heavy atom. The monoisotopic (exact) mass is 380 g/mol. The van der Waals surface area contributed by atoms with Crippen LogP contribution in [0.5, 0.6) is 0 Å². The maximum atomic E-state index is 10.8. The fourth-order valence-corrected chi connectivity index (χ4v) is 3.32. The Labute approximate surface area is 159 Å². The molecule has 7 heteroatoms. The summed E-state index contributed by atoms with van der Waals surface area (Å²) in [5.41, 5.74) is 4.36. The molecule has 0 aliphatic heterocycles. The second kappa shape index (κ2) is 8.14. The molecule has 0 saturated heterocycles. The normalized spacial score (nSPS) is 12.1. The van der Waals surface area contributed by atoms with E-state index in [1.165, 1.54) is 0 Å². The van der Waals surface area contributed by atoms with Gasteiger partial charge in [0, 0.05) is 11.4 Å². The second-order valence-corrected chi connectivity index (χ2v) is 7.39. The third-order valence-electron chi connectivity index (χ3n) is 4.47. The lowest BCUT2D eigenvalue weighted by molar-refractivity contribution is 0.614. The molecule has 0 unspecified atom stereocenters. The van der Waals surface area contributed by atoms with E-state index in [0.29, 0.717) is 11.2 Å². The summed E-state index contributed by atoms with van der Waals surface area (Å²) in [4.78, 5) is 0. The van der Waals surface area contributed by atoms with Gasteiger partial charge in [0.2, 0.25) is 0 Å². The van der Waals surface area contributed by atoms with Crippen LogP contribution in [0, 0.1) is 11.3 Å². The molecule has 2 aromatic carbocycles. The van der Waals surface area contributed by atoms with Crippen LogP contribution in [-0.4, -0.2) is 24.7 Å². The molecule has 0 saturated carbocycles. The summed E-state index contributed by atoms with van der Waals surface area (Å²) < 4.78 is 21.7. The molecule has 6 nitrogen and oxygen atoms in total. The highest BCUT2D eigenvalue weighted by Gasteiger charge is 2.13. The zero-order valence-corrected chi connectivity index (χ0v) is 16.0. The predicted molar refractivity (Wildman–Crippen MR) is 107 cm³/mol. The Morgan fingerprint density at radius 1 is 1.11 bits per heavy atom. The van der Waals surface area contributed by atoms with E-state index >= 15 is 0 Å². The third-order valence-corrected chi connectivity index (χ3v) is 5.09. The molecule has 27 heavy (non-hydrogen) atoms. The zero-order chi connectivity index (χ0) is 19.4. The molecule has 3 rings (SSSR count). The van der Waals surface area contributed by atoms with E-state index in [2.05, 4.69) is 35.4 Å². The van der Waals surface area contributed by atoms with Gasteiger partial charge in [0.05, 0.1) is 17.0 Å². The fourth-order valence-electron chi connectivity index (χ4n) is 2.81. The molecule has 0 amide bonds. The lowest BCUT2D eigenvalue weighted by atomic mass is 10.0. The molecular weight excluding hydrogens is 360 g/mol. The number of anilines is 1. The Bertz CT molecular complexity index is 1080. The Hall–Kier alpha value is -2.98. The zero-order valence-electron chi connectivity index (χ0n) is 15.1. The van der Waals surface area contributed by atoms with Crippen molar-refractivity contribution in [2.45, 2.75) is 32.1 Å². The van der Waals surface area contributed by atoms with Crippen LogP contribution >= 0.6 is 0 Å². The summed E-state index contributed by atoms with van der Waals surface area (Å²) in [6.45, 7) is 4.13. The van der Waals surface area contributed by atoms with E-state index in [-0.39, 0.29) is 17.5 Å². The van der Waals surface area contributed by atoms with Crippen LogP contribution < -0.4 is 5.32 Å². The van der Waals surface area contributed by atoms with Gasteiger partial charge in [0.25, 0.3) is 0 Å². The highest BCUT2D eigenvalue weighted by Crippen LogP contribution is 2.29. The smallest absolute Gasteiger partial charge is 0.186 e. The van der Waals surface area contributed by atoms with Gasteiger partial charge in [-0.25, -0.2) is 8.42 Å². The maximum absolute atomic E-state index is 10.8. The van der Waals surface area contributed by atoms with Gasteiger partial charge in [0.1, 0.15) is 16.8 Å². The quantitative estimate of drug-likeness (QED) is 0.636. The number of aromatic nitrogens is 2. The summed E-state index contributed by atoms with van der Waals surface area (Å²) in [6.07, 6.45) is 0.925. The van der Waals surface area contributed by atoms with Crippen LogP contribution in [0.3, 0.4) is 0 Å². The molecule has 0 aliphatic carbocycles. The van der Waals surface area contributed by atoms with Crippen LogP contribution in [-0.2, 0) is 16.5 Å². The summed E-state index contributed by atoms with van der Waals surface area (Å²) in [5.74, 6) is 0.0421. The van der Waals surface area contributed by atoms with Crippen LogP contribution in [0.1, 0.15) is 31.5 Å². The van der Waals surface area contributed by atoms with Crippen LogP contribution in [0.25, 0.3) is 22.0 Å². The van der Waals surface area contributed by atoms with Gasteiger partial charge >= 0.3 is 0 Å². The SMILES string of the molecule is CC[C@@H](C)Nc1c(C#N)nnc2cc(-c3ccc(C[SH](=O)=O)cc3)ccc12. The van der Waals surface area contributed by atoms with Gasteiger partial charge in [-0.2, -0.15) is 5.26 Å². The highest BCUT2D eigenvalue weighted by atomic mass is 32.2. The van der Waals surface area contributed by atoms with Gasteiger partial charge in [-0.05, 0) is 42.2 Å². The second-order valence-electron chi connectivity index (χ2n) is 6.41. The molecule has 1 N–H and O–H groups in total. The molecule has 0 spiro atoms. The molecule has 1 aromatic heterocycles. The number of rotatable bonds is 6. The van der Waals surface area contributed by atoms with Crippen molar-refractivity contribution in [2.75, 3.05) is 5.32 Å². The van der Waals surface area contributed by atoms with Crippen molar-refractivity contribution in [3.05, 3.63) is 53.7 Å². The molecule has 0 radical (unpaired) electrons. The Balaban J connectivity index is 2.02. The van der Waals surface area contributed by atoms with Crippen molar-refractivity contribution in [3.8, 4) is 17.2 Å². The summed E-state index contributed by atoms with van der Waals surface area (Å²) in [5, 5.41) is 21.8. The lowest BCUT2D eigenvalue weighted by Gasteiger charge is -2.16. The highest BCUT2D eigenvalue weighted by molar-refractivity contribution is 7.71. The average molecular weight is 380 g/mol. The average Bonchev–Trinajstić information content (AvgIpc) is 2.67. The van der Waals surface area contributed by atoms with Gasteiger partial charge in [-0.3, -0.25) is 0 Å². The first-order valence-electron chi connectivity index (χ1n) is 8.70. The van der Waals surface area contributed by atoms with Crippen molar-refractivity contribution >= 4 is 27.3 Å². The van der Waals surface area contributed by atoms with Gasteiger partial charge in [-0.1, -0.05) is 37.3 Å². The van der Waals surface area contributed by atoms with Crippen molar-refractivity contribution in [1.29, 1.82) is 5.26 Å². The Kier molecular flexibility index (Phi) is 5.67. The van der Waals surface area contributed by atoms with E-state index in [4.69, 9.17) is 0 Å². The van der Waals surface area contributed by atoms with E-state index < -0.39 is 10.7 Å². The lowest BCUT2D eigenvalue weighted by Crippen LogP contribution is -2.15. The van der Waals surface area contributed by atoms with Crippen LogP contribution in [0.2, 0.25) is 0 Å². The first-order valence-corrected chi connectivity index (χ1v) is 10.1. The molecule has 138 valence electrons. The number of thiol groups is 1. The molecule has 1 atom stereocenters. The molecule has 1 heterocycles. The Morgan fingerprint density at radius 3 is 2.44 bits per heavy atom. The molecule has 0 fully saturated rings. The number of hydrogen-bond acceptors (Lipinski definition) is 6. The third kappa shape index (κ3) is 4.23. The number of benzene rings is 2. The van der Waals surface area contributed by atoms with Crippen LogP contribution in [0.4, 0.5) is 5.69 Å². The maximum Gasteiger partial charge on any atom is 0.186 e.